The normalized spacial score (nSPS) is 17.1. The van der Waals surface area contributed by atoms with Gasteiger partial charge in [-0.25, -0.2) is 0 Å². The molecule has 0 radical (unpaired) electrons. The molecule has 0 bridgehead atoms. The van der Waals surface area contributed by atoms with Gasteiger partial charge in [0.2, 0.25) is 0 Å². The van der Waals surface area contributed by atoms with E-state index in [4.69, 9.17) is 20.6 Å². The number of nitrogens with zero attached hydrogens (tertiary/aromatic N) is 2. The van der Waals surface area contributed by atoms with Crippen LogP contribution in [0.4, 0.5) is 0 Å². The molecule has 2 aromatic heterocycles. The number of para-hydroxylation sites is 3. The van der Waals surface area contributed by atoms with Gasteiger partial charge >= 0.3 is 0 Å². The zero-order chi connectivity index (χ0) is 39.0. The van der Waals surface area contributed by atoms with E-state index in [-0.39, 0.29) is 79.4 Å². The summed E-state index contributed by atoms with van der Waals surface area (Å²) < 4.78 is 132. The summed E-state index contributed by atoms with van der Waals surface area (Å²) in [5.74, 6) is 0. The molecule has 8 rings (SSSR count). The fourth-order valence-electron chi connectivity index (χ4n) is 5.19. The third kappa shape index (κ3) is 3.35. The van der Waals surface area contributed by atoms with Crippen LogP contribution >= 0.6 is 0 Å². The highest BCUT2D eigenvalue weighted by Gasteiger charge is 2.14. The largest absolute Gasteiger partial charge is 0.309 e. The van der Waals surface area contributed by atoms with Crippen LogP contribution in [0.2, 0.25) is 0 Å². The zero-order valence-corrected chi connectivity index (χ0v) is 20.5. The summed E-state index contributed by atoms with van der Waals surface area (Å²) in [5.41, 5.74) is 2.13. The van der Waals surface area contributed by atoms with Crippen molar-refractivity contribution in [2.24, 2.45) is 0 Å². The van der Waals surface area contributed by atoms with E-state index >= 15 is 0 Å². The Morgan fingerprint density at radius 1 is 0.487 bits per heavy atom. The van der Waals surface area contributed by atoms with Gasteiger partial charge in [0, 0.05) is 32.9 Å². The van der Waals surface area contributed by atoms with Crippen LogP contribution in [0, 0.1) is 6.92 Å². The van der Waals surface area contributed by atoms with Gasteiger partial charge in [-0.3, -0.25) is 0 Å². The van der Waals surface area contributed by atoms with Crippen molar-refractivity contribution in [2.75, 3.05) is 0 Å². The Labute approximate surface area is 248 Å². The van der Waals surface area contributed by atoms with Crippen molar-refractivity contribution in [2.45, 2.75) is 6.92 Å². The van der Waals surface area contributed by atoms with Gasteiger partial charge in [0.25, 0.3) is 0 Å². The molecule has 2 nitrogen and oxygen atoms in total. The Kier molecular flexibility index (Phi) is 2.55. The van der Waals surface area contributed by atoms with Crippen molar-refractivity contribution >= 4 is 43.6 Å². The van der Waals surface area contributed by atoms with Crippen molar-refractivity contribution in [3.05, 3.63) is 145 Å². The van der Waals surface area contributed by atoms with Crippen LogP contribution in [0.1, 0.15) is 26.1 Å². The summed E-state index contributed by atoms with van der Waals surface area (Å²) in [4.78, 5) is 0. The Morgan fingerprint density at radius 3 is 1.44 bits per heavy atom. The summed E-state index contributed by atoms with van der Waals surface area (Å²) >= 11 is 0. The van der Waals surface area contributed by atoms with E-state index in [1.54, 1.807) is 48.5 Å². The molecule has 0 aliphatic heterocycles. The Balaban J connectivity index is 1.44. The van der Waals surface area contributed by atoms with E-state index < -0.39 is 60.4 Å². The predicted octanol–water partition coefficient (Wildman–Crippen LogP) is 9.86. The molecule has 0 unspecified atom stereocenters. The first kappa shape index (κ1) is 11.8. The molecule has 184 valence electrons. The first-order chi connectivity index (χ1) is 25.5. The van der Waals surface area contributed by atoms with E-state index in [1.807, 2.05) is 0 Å². The molecule has 0 atom stereocenters. The second kappa shape index (κ2) is 8.47. The van der Waals surface area contributed by atoms with Gasteiger partial charge in [-0.1, -0.05) is 90.3 Å². The highest BCUT2D eigenvalue weighted by atomic mass is 15.0. The van der Waals surface area contributed by atoms with Gasteiger partial charge in [-0.2, -0.15) is 0 Å². The van der Waals surface area contributed by atoms with E-state index in [9.17, 15) is 0 Å². The Morgan fingerprint density at radius 2 is 0.923 bits per heavy atom. The van der Waals surface area contributed by atoms with Crippen molar-refractivity contribution in [3.8, 4) is 22.5 Å². The van der Waals surface area contributed by atoms with E-state index in [1.165, 1.54) is 16.1 Å². The predicted molar refractivity (Wildman–Crippen MR) is 165 cm³/mol. The highest BCUT2D eigenvalue weighted by molar-refractivity contribution is 6.10. The van der Waals surface area contributed by atoms with Crippen molar-refractivity contribution in [1.82, 2.24) is 9.13 Å². The zero-order valence-electron chi connectivity index (χ0n) is 35.5. The summed E-state index contributed by atoms with van der Waals surface area (Å²) in [5, 5.41) is 0.0967. The first-order valence-electron chi connectivity index (χ1n) is 19.7. The quantitative estimate of drug-likeness (QED) is 0.222. The minimum absolute atomic E-state index is 0.0241. The lowest BCUT2D eigenvalue weighted by Crippen LogP contribution is -1.96. The van der Waals surface area contributed by atoms with Gasteiger partial charge in [-0.15, -0.1) is 0 Å². The van der Waals surface area contributed by atoms with Crippen molar-refractivity contribution in [1.29, 1.82) is 0 Å². The number of hydrogen-bond acceptors (Lipinski definition) is 0. The maximum atomic E-state index is 8.96. The molecule has 0 spiro atoms. The average molecular weight is 514 g/mol. The van der Waals surface area contributed by atoms with Crippen molar-refractivity contribution < 1.29 is 20.6 Å². The van der Waals surface area contributed by atoms with E-state index in [0.717, 1.165) is 0 Å². The molecule has 0 aliphatic rings. The molecule has 0 saturated heterocycles. The molecular weight excluding hydrogens is 472 g/mol. The molecule has 0 fully saturated rings. The summed E-state index contributed by atoms with van der Waals surface area (Å²) in [7, 11) is 0. The number of rotatable bonds is 3. The van der Waals surface area contributed by atoms with E-state index in [2.05, 4.69) is 0 Å². The molecule has 6 aromatic carbocycles. The van der Waals surface area contributed by atoms with Crippen molar-refractivity contribution in [3.63, 3.8) is 0 Å². The number of hydrogen-bond donors (Lipinski definition) is 0. The van der Waals surface area contributed by atoms with Crippen LogP contribution in [0.5, 0.6) is 0 Å². The molecule has 2 heterocycles. The second-order valence-corrected chi connectivity index (χ2v) is 9.17. The van der Waals surface area contributed by atoms with Crippen LogP contribution in [-0.2, 0) is 0 Å². The van der Waals surface area contributed by atoms with Gasteiger partial charge in [0.05, 0.1) is 42.6 Å². The van der Waals surface area contributed by atoms with Gasteiger partial charge < -0.3 is 9.13 Å². The molecule has 0 N–H and O–H groups in total. The highest BCUT2D eigenvalue weighted by Crippen LogP contribution is 2.35. The van der Waals surface area contributed by atoms with Gasteiger partial charge in [0.1, 0.15) is 0 Å². The topological polar surface area (TPSA) is 9.86 Å². The molecule has 2 heteroatoms. The average Bonchev–Trinajstić information content (AvgIpc) is 3.73. The third-order valence-electron chi connectivity index (χ3n) is 6.86. The van der Waals surface area contributed by atoms with Crippen LogP contribution in [-0.4, -0.2) is 9.13 Å². The molecule has 39 heavy (non-hydrogen) atoms. The number of benzene rings is 6. The van der Waals surface area contributed by atoms with Crippen LogP contribution in [0.25, 0.3) is 66.1 Å². The monoisotopic (exact) mass is 513 g/mol. The number of aromatic nitrogens is 2. The summed E-state index contributed by atoms with van der Waals surface area (Å²) in [6, 6.07) is 7.48. The van der Waals surface area contributed by atoms with Crippen LogP contribution in [0.15, 0.2) is 139 Å². The smallest absolute Gasteiger partial charge is 0.0645 e. The van der Waals surface area contributed by atoms with Gasteiger partial charge in [-0.05, 0) is 72.5 Å². The minimum Gasteiger partial charge on any atom is -0.309 e. The van der Waals surface area contributed by atoms with Crippen LogP contribution < -0.4 is 0 Å². The SMILES string of the molecule is [2H]c1c([2H])c([2H])c2c(c1[2H])c1c([2H])c([2H])c([2H])c([2H])c1n2-c1cccc(-c2cccc(-n3c4c([2H])c([2H])c([2H])c([2H])c4c4c([2H])c(C)c([2H])c([2H])c43)c2)c1. The standard InChI is InChI=1S/C37H26N2/c1-25-20-21-37-33(22-25)32-16-4-7-19-36(32)39(37)29-13-9-11-27(24-29)26-10-8-12-28(23-26)38-34-17-5-2-14-30(34)31-15-3-6-18-35(31)38/h2-24H,1H3/i2D,3D,4D,5D,6D,7D,14D,15D,16D,17D,18D,19D,20D,21D,22D. The molecule has 0 saturated carbocycles. The lowest BCUT2D eigenvalue weighted by atomic mass is 10.0. The molecule has 8 aromatic rings. The minimum atomic E-state index is -0.541. The Hall–Kier alpha value is -5.08. The lowest BCUT2D eigenvalue weighted by Gasteiger charge is -2.12. The molecular formula is C37H26N2. The van der Waals surface area contributed by atoms with Crippen LogP contribution in [0.3, 0.4) is 0 Å². The summed E-state index contributed by atoms with van der Waals surface area (Å²) in [6.45, 7) is 1.53. The Bertz CT molecular complexity index is 2660. The first-order valence-corrected chi connectivity index (χ1v) is 12.2. The maximum Gasteiger partial charge on any atom is 0.0645 e. The second-order valence-electron chi connectivity index (χ2n) is 9.17. The fourth-order valence-corrected chi connectivity index (χ4v) is 5.19. The lowest BCUT2D eigenvalue weighted by molar-refractivity contribution is 1.17. The number of fused-ring (bicyclic) bond motifs is 6. The van der Waals surface area contributed by atoms with Gasteiger partial charge in [0.15, 0.2) is 0 Å². The van der Waals surface area contributed by atoms with E-state index in [0.29, 0.717) is 22.5 Å². The molecule has 0 aliphatic carbocycles. The summed E-state index contributed by atoms with van der Waals surface area (Å²) in [6.07, 6.45) is 0. The fraction of sp³-hybridized carbons (Fsp3) is 0.0270. The maximum absolute atomic E-state index is 8.96. The third-order valence-corrected chi connectivity index (χ3v) is 6.86. The molecule has 0 amide bonds.